The third-order valence-electron chi connectivity index (χ3n) is 4.66. The van der Waals surface area contributed by atoms with E-state index in [9.17, 15) is 9.59 Å². The van der Waals surface area contributed by atoms with E-state index in [0.717, 1.165) is 19.4 Å². The van der Waals surface area contributed by atoms with Gasteiger partial charge in [0.2, 0.25) is 5.91 Å². The third kappa shape index (κ3) is 15.2. The van der Waals surface area contributed by atoms with Crippen LogP contribution in [0, 0.1) is 11.3 Å². The highest BCUT2D eigenvalue weighted by Crippen LogP contribution is 2.19. The van der Waals surface area contributed by atoms with Gasteiger partial charge in [0.25, 0.3) is 0 Å². The minimum Gasteiger partial charge on any atom is -0.481 e. The van der Waals surface area contributed by atoms with Crippen molar-refractivity contribution in [3.05, 3.63) is 0 Å². The van der Waals surface area contributed by atoms with Crippen LogP contribution in [-0.4, -0.2) is 35.0 Å². The smallest absolute Gasteiger partial charge is 0.308 e. The molecule has 0 radical (unpaired) electrons. The number of aliphatic carboxylic acids is 1. The number of carbonyl (C=O) groups is 2. The molecule has 0 aromatic heterocycles. The lowest BCUT2D eigenvalue weighted by Gasteiger charge is -2.15. The van der Waals surface area contributed by atoms with E-state index in [1.54, 1.807) is 4.90 Å². The van der Waals surface area contributed by atoms with Gasteiger partial charge in [-0.05, 0) is 11.8 Å². The van der Waals surface area contributed by atoms with Crippen LogP contribution < -0.4 is 0 Å². The molecule has 4 nitrogen and oxygen atoms in total. The molecule has 1 atom stereocenters. The van der Waals surface area contributed by atoms with E-state index in [1.807, 2.05) is 13.8 Å². The summed E-state index contributed by atoms with van der Waals surface area (Å²) in [6.45, 7) is 16.3. The number of rotatable bonds is 9. The quantitative estimate of drug-likeness (QED) is 0.495. The second-order valence-corrected chi connectivity index (χ2v) is 8.11. The van der Waals surface area contributed by atoms with Crippen molar-refractivity contribution in [1.29, 1.82) is 0 Å². The summed E-state index contributed by atoms with van der Waals surface area (Å²) in [5, 5.41) is 8.86. The number of carboxylic acids is 1. The Morgan fingerprint density at radius 1 is 1.04 bits per heavy atom. The molecule has 1 saturated heterocycles. The van der Waals surface area contributed by atoms with Gasteiger partial charge in [0.1, 0.15) is 0 Å². The molecule has 1 unspecified atom stereocenters. The normalized spacial score (nSPS) is 16.5. The van der Waals surface area contributed by atoms with E-state index >= 15 is 0 Å². The van der Waals surface area contributed by atoms with Crippen molar-refractivity contribution < 1.29 is 14.7 Å². The van der Waals surface area contributed by atoms with Gasteiger partial charge in [-0.3, -0.25) is 9.59 Å². The van der Waals surface area contributed by atoms with Crippen LogP contribution in [0.4, 0.5) is 0 Å². The maximum Gasteiger partial charge on any atom is 0.308 e. The number of amides is 1. The number of unbranched alkanes of at least 4 members (excludes halogenated alkanes) is 6. The van der Waals surface area contributed by atoms with Crippen molar-refractivity contribution in [3.63, 3.8) is 0 Å². The summed E-state index contributed by atoms with van der Waals surface area (Å²) in [6, 6.07) is 0. The first-order chi connectivity index (χ1) is 12.2. The van der Waals surface area contributed by atoms with Crippen molar-refractivity contribution >= 4 is 11.9 Å². The minimum atomic E-state index is -0.842. The highest BCUT2D eigenvalue weighted by molar-refractivity contribution is 5.86. The van der Waals surface area contributed by atoms with E-state index in [-0.39, 0.29) is 12.3 Å². The summed E-state index contributed by atoms with van der Waals surface area (Å²) < 4.78 is 0. The van der Waals surface area contributed by atoms with Gasteiger partial charge in [0.05, 0.1) is 5.92 Å². The molecule has 0 aromatic carbocycles. The van der Waals surface area contributed by atoms with Crippen LogP contribution in [0.2, 0.25) is 0 Å². The monoisotopic (exact) mass is 371 g/mol. The van der Waals surface area contributed by atoms with Gasteiger partial charge >= 0.3 is 5.97 Å². The van der Waals surface area contributed by atoms with Crippen LogP contribution in [0.5, 0.6) is 0 Å². The first-order valence-electron chi connectivity index (χ1n) is 10.7. The Morgan fingerprint density at radius 3 is 1.88 bits per heavy atom. The van der Waals surface area contributed by atoms with Crippen molar-refractivity contribution in [1.82, 2.24) is 4.90 Å². The Bertz CT molecular complexity index is 361. The number of hydrogen-bond acceptors (Lipinski definition) is 2. The average Bonchev–Trinajstić information content (AvgIpc) is 2.97. The predicted octanol–water partition coefficient (Wildman–Crippen LogP) is 6.14. The summed E-state index contributed by atoms with van der Waals surface area (Å²) in [6.07, 6.45) is 9.99. The second-order valence-electron chi connectivity index (χ2n) is 8.11. The molecule has 0 aliphatic carbocycles. The second kappa shape index (κ2) is 16.1. The number of carboxylic acid groups (broad SMARTS) is 1. The molecule has 4 heteroatoms. The van der Waals surface area contributed by atoms with Gasteiger partial charge < -0.3 is 10.0 Å². The molecule has 26 heavy (non-hydrogen) atoms. The molecule has 0 bridgehead atoms. The predicted molar refractivity (Wildman–Crippen MR) is 111 cm³/mol. The molecule has 1 fully saturated rings. The van der Waals surface area contributed by atoms with Gasteiger partial charge in [0, 0.05) is 19.5 Å². The van der Waals surface area contributed by atoms with Crippen molar-refractivity contribution in [2.24, 2.45) is 11.3 Å². The first-order valence-corrected chi connectivity index (χ1v) is 10.7. The molecule has 156 valence electrons. The highest BCUT2D eigenvalue weighted by Gasteiger charge is 2.33. The van der Waals surface area contributed by atoms with Crippen molar-refractivity contribution in [2.45, 2.75) is 106 Å². The zero-order valence-electron chi connectivity index (χ0n) is 18.6. The van der Waals surface area contributed by atoms with Gasteiger partial charge in [-0.15, -0.1) is 0 Å². The topological polar surface area (TPSA) is 57.6 Å². The summed E-state index contributed by atoms with van der Waals surface area (Å²) in [5.74, 6) is -1.32. The lowest BCUT2D eigenvalue weighted by atomic mass is 9.94. The Labute approximate surface area is 162 Å². The Morgan fingerprint density at radius 2 is 1.50 bits per heavy atom. The van der Waals surface area contributed by atoms with Crippen LogP contribution in [0.25, 0.3) is 0 Å². The molecule has 0 aromatic rings. The zero-order valence-corrected chi connectivity index (χ0v) is 18.6. The van der Waals surface area contributed by atoms with Crippen LogP contribution in [-0.2, 0) is 9.59 Å². The van der Waals surface area contributed by atoms with E-state index in [4.69, 9.17) is 5.11 Å². The van der Waals surface area contributed by atoms with Crippen LogP contribution in [0.15, 0.2) is 0 Å². The SMILES string of the molecule is CC.CCC(C)(C)C.CCCCCCCCCN1CC(C(=O)O)CC1=O. The number of likely N-dealkylation sites (tertiary alicyclic amines) is 1. The molecular formula is C22H45NO3. The highest BCUT2D eigenvalue weighted by atomic mass is 16.4. The fourth-order valence-corrected chi connectivity index (χ4v) is 2.41. The van der Waals surface area contributed by atoms with Crippen LogP contribution >= 0.6 is 0 Å². The zero-order chi connectivity index (χ0) is 20.6. The molecular weight excluding hydrogens is 326 g/mol. The molecule has 1 rings (SSSR count). The number of carbonyl (C=O) groups excluding carboxylic acids is 1. The maximum absolute atomic E-state index is 11.6. The molecule has 1 amide bonds. The van der Waals surface area contributed by atoms with E-state index in [1.165, 1.54) is 38.5 Å². The molecule has 0 saturated carbocycles. The fraction of sp³-hybridized carbons (Fsp3) is 0.909. The number of nitrogens with zero attached hydrogens (tertiary/aromatic N) is 1. The maximum atomic E-state index is 11.6. The Balaban J connectivity index is 0. The summed E-state index contributed by atoms with van der Waals surface area (Å²) >= 11 is 0. The fourth-order valence-electron chi connectivity index (χ4n) is 2.41. The average molecular weight is 372 g/mol. The Kier molecular flexibility index (Phi) is 16.9. The van der Waals surface area contributed by atoms with Crippen LogP contribution in [0.3, 0.4) is 0 Å². The minimum absolute atomic E-state index is 0.00776. The lowest BCUT2D eigenvalue weighted by Crippen LogP contribution is -2.27. The van der Waals surface area contributed by atoms with E-state index in [2.05, 4.69) is 34.6 Å². The van der Waals surface area contributed by atoms with Crippen molar-refractivity contribution in [3.8, 4) is 0 Å². The van der Waals surface area contributed by atoms with Gasteiger partial charge in [-0.25, -0.2) is 0 Å². The Hall–Kier alpha value is -1.06. The van der Waals surface area contributed by atoms with Crippen molar-refractivity contribution in [2.75, 3.05) is 13.1 Å². The van der Waals surface area contributed by atoms with Gasteiger partial charge in [-0.1, -0.05) is 93.4 Å². The first kappa shape index (κ1) is 27.2. The van der Waals surface area contributed by atoms with E-state index in [0.29, 0.717) is 12.0 Å². The molecule has 1 N–H and O–H groups in total. The van der Waals surface area contributed by atoms with Gasteiger partial charge in [-0.2, -0.15) is 0 Å². The summed E-state index contributed by atoms with van der Waals surface area (Å²) in [5.41, 5.74) is 0.542. The van der Waals surface area contributed by atoms with E-state index < -0.39 is 11.9 Å². The largest absolute Gasteiger partial charge is 0.481 e. The van der Waals surface area contributed by atoms with Gasteiger partial charge in [0.15, 0.2) is 0 Å². The third-order valence-corrected chi connectivity index (χ3v) is 4.66. The number of hydrogen-bond donors (Lipinski definition) is 1. The standard InChI is InChI=1S/C14H25NO3.C6H14.C2H6/c1-2-3-4-5-6-7-8-9-15-11-12(14(17)18)10-13(15)16;1-5-6(2,3)4;1-2/h12H,2-11H2,1H3,(H,17,18);5H2,1-4H3;1-2H3. The molecule has 0 spiro atoms. The molecule has 1 heterocycles. The summed E-state index contributed by atoms with van der Waals surface area (Å²) in [4.78, 5) is 24.1. The summed E-state index contributed by atoms with van der Waals surface area (Å²) in [7, 11) is 0. The molecule has 1 aliphatic heterocycles. The molecule has 1 aliphatic rings. The van der Waals surface area contributed by atoms with Crippen LogP contribution in [0.1, 0.15) is 106 Å². The lowest BCUT2D eigenvalue weighted by molar-refractivity contribution is -0.141.